The lowest BCUT2D eigenvalue weighted by Gasteiger charge is -2.16. The van der Waals surface area contributed by atoms with Gasteiger partial charge in [-0.15, -0.1) is 0 Å². The van der Waals surface area contributed by atoms with Gasteiger partial charge in [0.05, 0.1) is 0 Å². The van der Waals surface area contributed by atoms with Crippen LogP contribution in [-0.2, 0) is 0 Å². The van der Waals surface area contributed by atoms with Crippen LogP contribution in [0, 0.1) is 27.7 Å². The molecule has 7 aromatic carbocycles. The molecule has 246 valence electrons. The number of rotatable bonds is 7. The summed E-state index contributed by atoms with van der Waals surface area (Å²) in [6.07, 6.45) is 0. The van der Waals surface area contributed by atoms with E-state index >= 15 is 0 Å². The van der Waals surface area contributed by atoms with E-state index in [2.05, 4.69) is 196 Å². The first kappa shape index (κ1) is 32.4. The van der Waals surface area contributed by atoms with Gasteiger partial charge in [-0.2, -0.15) is 11.3 Å². The molecular weight excluding hydrogens is 633 g/mol. The Morgan fingerprint density at radius 3 is 0.667 bits per heavy atom. The van der Waals surface area contributed by atoms with E-state index in [9.17, 15) is 0 Å². The Bertz CT molecular complexity index is 2160. The van der Waals surface area contributed by atoms with Gasteiger partial charge in [-0.1, -0.05) is 119 Å². The Hall–Kier alpha value is -5.76. The van der Waals surface area contributed by atoms with Crippen LogP contribution in [0.15, 0.2) is 168 Å². The lowest BCUT2D eigenvalue weighted by Crippen LogP contribution is -1.90. The van der Waals surface area contributed by atoms with Crippen molar-refractivity contribution in [1.29, 1.82) is 0 Å². The Kier molecular flexibility index (Phi) is 8.82. The molecule has 0 saturated carbocycles. The third-order valence-corrected chi connectivity index (χ3v) is 10.5. The second-order valence-electron chi connectivity index (χ2n) is 13.9. The Morgan fingerprint density at radius 2 is 0.451 bits per heavy atom. The molecular formula is C50H40S. The van der Waals surface area contributed by atoms with Gasteiger partial charge in [-0.25, -0.2) is 0 Å². The predicted molar refractivity (Wildman–Crippen MR) is 221 cm³/mol. The van der Waals surface area contributed by atoms with Gasteiger partial charge in [0.25, 0.3) is 0 Å². The van der Waals surface area contributed by atoms with E-state index in [4.69, 9.17) is 0 Å². The normalized spacial score (nSPS) is 11.1. The molecule has 0 spiro atoms. The highest BCUT2D eigenvalue weighted by Crippen LogP contribution is 2.40. The van der Waals surface area contributed by atoms with Crippen molar-refractivity contribution in [3.05, 3.63) is 191 Å². The van der Waals surface area contributed by atoms with E-state index in [1.54, 1.807) is 11.3 Å². The molecule has 0 nitrogen and oxygen atoms in total. The molecule has 0 bridgehead atoms. The van der Waals surface area contributed by atoms with Crippen LogP contribution in [0.1, 0.15) is 22.3 Å². The summed E-state index contributed by atoms with van der Waals surface area (Å²) < 4.78 is 0. The summed E-state index contributed by atoms with van der Waals surface area (Å²) in [6, 6.07) is 59.0. The molecule has 51 heavy (non-hydrogen) atoms. The van der Waals surface area contributed by atoms with Crippen LogP contribution in [-0.4, -0.2) is 0 Å². The molecule has 0 aliphatic rings. The minimum Gasteiger partial charge on any atom is -0.152 e. The highest BCUT2D eigenvalue weighted by molar-refractivity contribution is 7.08. The highest BCUT2D eigenvalue weighted by atomic mass is 32.1. The van der Waals surface area contributed by atoms with Gasteiger partial charge in [0.2, 0.25) is 0 Å². The van der Waals surface area contributed by atoms with Gasteiger partial charge in [0.1, 0.15) is 0 Å². The largest absolute Gasteiger partial charge is 0.152 e. The maximum absolute atomic E-state index is 2.39. The molecule has 8 rings (SSSR count). The second-order valence-corrected chi connectivity index (χ2v) is 14.7. The molecule has 8 aromatic rings. The van der Waals surface area contributed by atoms with E-state index in [-0.39, 0.29) is 0 Å². The number of hydrogen-bond donors (Lipinski definition) is 0. The standard InChI is InChI=1S/C50H40S/c1-33-5-13-37(14-6-33)42-23-43(38-15-7-34(2)8-16-38)26-47(25-42)49-29-46(41-21-22-51-32-41)30-50(31-49)48-27-44(39-17-9-35(3)10-18-39)24-45(28-48)40-19-11-36(4)12-20-40/h5-32H,1-4H3. The zero-order valence-corrected chi connectivity index (χ0v) is 30.4. The first-order chi connectivity index (χ1) is 24.8. The van der Waals surface area contributed by atoms with Gasteiger partial charge >= 0.3 is 0 Å². The van der Waals surface area contributed by atoms with Crippen LogP contribution in [0.3, 0.4) is 0 Å². The molecule has 1 aromatic heterocycles. The fraction of sp³-hybridized carbons (Fsp3) is 0.0800. The van der Waals surface area contributed by atoms with Crippen molar-refractivity contribution in [1.82, 2.24) is 0 Å². The lowest BCUT2D eigenvalue weighted by atomic mass is 9.88. The number of aryl methyl sites for hydroxylation is 4. The number of benzene rings is 7. The zero-order valence-electron chi connectivity index (χ0n) is 29.6. The average Bonchev–Trinajstić information content (AvgIpc) is 3.71. The SMILES string of the molecule is Cc1ccc(-c2cc(-c3ccc(C)cc3)cc(-c3cc(-c4ccsc4)cc(-c4cc(-c5ccc(C)cc5)cc(-c5ccc(C)cc5)c4)c3)c2)cc1. The summed E-state index contributed by atoms with van der Waals surface area (Å²) in [5, 5.41) is 4.42. The van der Waals surface area contributed by atoms with Gasteiger partial charge < -0.3 is 0 Å². The van der Waals surface area contributed by atoms with E-state index in [1.807, 2.05) is 0 Å². The molecule has 0 aliphatic carbocycles. The van der Waals surface area contributed by atoms with Gasteiger partial charge in [-0.05, 0) is 177 Å². The highest BCUT2D eigenvalue weighted by Gasteiger charge is 2.14. The van der Waals surface area contributed by atoms with Crippen molar-refractivity contribution >= 4 is 11.3 Å². The van der Waals surface area contributed by atoms with E-state index in [1.165, 1.54) is 100 Å². The second kappa shape index (κ2) is 13.9. The van der Waals surface area contributed by atoms with Crippen molar-refractivity contribution in [2.24, 2.45) is 0 Å². The van der Waals surface area contributed by atoms with Crippen LogP contribution in [0.4, 0.5) is 0 Å². The van der Waals surface area contributed by atoms with Crippen LogP contribution >= 0.6 is 11.3 Å². The fourth-order valence-corrected chi connectivity index (χ4v) is 7.46. The van der Waals surface area contributed by atoms with E-state index in [0.29, 0.717) is 0 Å². The maximum atomic E-state index is 2.39. The zero-order chi connectivity index (χ0) is 34.9. The van der Waals surface area contributed by atoms with Crippen molar-refractivity contribution in [3.8, 4) is 77.9 Å². The molecule has 0 atom stereocenters. The van der Waals surface area contributed by atoms with E-state index < -0.39 is 0 Å². The van der Waals surface area contributed by atoms with E-state index in [0.717, 1.165) is 0 Å². The van der Waals surface area contributed by atoms with Crippen LogP contribution in [0.2, 0.25) is 0 Å². The molecule has 1 heterocycles. The van der Waals surface area contributed by atoms with Crippen molar-refractivity contribution in [3.63, 3.8) is 0 Å². The summed E-state index contributed by atoms with van der Waals surface area (Å²) in [7, 11) is 0. The monoisotopic (exact) mass is 672 g/mol. The summed E-state index contributed by atoms with van der Waals surface area (Å²) in [5.41, 5.74) is 22.1. The van der Waals surface area contributed by atoms with Crippen LogP contribution < -0.4 is 0 Å². The molecule has 0 saturated heterocycles. The Balaban J connectivity index is 1.35. The number of thiophene rings is 1. The summed E-state index contributed by atoms with van der Waals surface area (Å²) in [5.74, 6) is 0. The summed E-state index contributed by atoms with van der Waals surface area (Å²) in [4.78, 5) is 0. The fourth-order valence-electron chi connectivity index (χ4n) is 6.80. The molecule has 1 heteroatoms. The summed E-state index contributed by atoms with van der Waals surface area (Å²) in [6.45, 7) is 8.59. The van der Waals surface area contributed by atoms with Gasteiger partial charge in [0.15, 0.2) is 0 Å². The smallest absolute Gasteiger partial charge is 0.00147 e. The molecule has 0 N–H and O–H groups in total. The quantitative estimate of drug-likeness (QED) is 0.158. The number of hydrogen-bond acceptors (Lipinski definition) is 1. The first-order valence-electron chi connectivity index (χ1n) is 17.6. The predicted octanol–water partition coefficient (Wildman–Crippen LogP) is 14.7. The van der Waals surface area contributed by atoms with Crippen molar-refractivity contribution < 1.29 is 0 Å². The average molecular weight is 673 g/mol. The lowest BCUT2D eigenvalue weighted by molar-refractivity contribution is 1.46. The maximum Gasteiger partial charge on any atom is -0.00147 e. The minimum atomic E-state index is 1.20. The first-order valence-corrected chi connectivity index (χ1v) is 18.6. The third kappa shape index (κ3) is 7.13. The Labute approximate surface area is 306 Å². The van der Waals surface area contributed by atoms with Gasteiger partial charge in [0, 0.05) is 0 Å². The molecule has 0 amide bonds. The van der Waals surface area contributed by atoms with Crippen molar-refractivity contribution in [2.75, 3.05) is 0 Å². The van der Waals surface area contributed by atoms with Crippen molar-refractivity contribution in [2.45, 2.75) is 27.7 Å². The Morgan fingerprint density at radius 1 is 0.235 bits per heavy atom. The third-order valence-electron chi connectivity index (χ3n) is 9.86. The topological polar surface area (TPSA) is 0 Å². The molecule has 0 unspecified atom stereocenters. The molecule has 0 radical (unpaired) electrons. The van der Waals surface area contributed by atoms with Gasteiger partial charge in [-0.3, -0.25) is 0 Å². The van der Waals surface area contributed by atoms with Crippen LogP contribution in [0.25, 0.3) is 77.9 Å². The molecule has 0 aliphatic heterocycles. The minimum absolute atomic E-state index is 1.20. The van der Waals surface area contributed by atoms with Crippen LogP contribution in [0.5, 0.6) is 0 Å². The molecule has 0 fully saturated rings. The summed E-state index contributed by atoms with van der Waals surface area (Å²) >= 11 is 1.74.